The third kappa shape index (κ3) is 4.50. The zero-order valence-electron chi connectivity index (χ0n) is 19.2. The fraction of sp³-hybridized carbons (Fsp3) is 0.321. The van der Waals surface area contributed by atoms with Gasteiger partial charge in [-0.25, -0.2) is 0 Å². The Bertz CT molecular complexity index is 1100. The van der Waals surface area contributed by atoms with Gasteiger partial charge in [-0.15, -0.1) is 0 Å². The number of carbonyl (C=O) groups is 1. The van der Waals surface area contributed by atoms with Gasteiger partial charge in [0.2, 0.25) is 0 Å². The summed E-state index contributed by atoms with van der Waals surface area (Å²) in [6.45, 7) is 9.42. The molecule has 32 heavy (non-hydrogen) atoms. The molecule has 4 rings (SSSR count). The van der Waals surface area contributed by atoms with Crippen LogP contribution in [-0.4, -0.2) is 18.5 Å². The van der Waals surface area contributed by atoms with Gasteiger partial charge < -0.3 is 14.2 Å². The van der Waals surface area contributed by atoms with Gasteiger partial charge in [0.1, 0.15) is 42.3 Å². The second-order valence-corrected chi connectivity index (χ2v) is 8.81. The van der Waals surface area contributed by atoms with Crippen molar-refractivity contribution in [3.05, 3.63) is 88.0 Å². The van der Waals surface area contributed by atoms with Gasteiger partial charge in [-0.1, -0.05) is 30.3 Å². The molecule has 3 aromatic rings. The van der Waals surface area contributed by atoms with Gasteiger partial charge in [0.25, 0.3) is 0 Å². The van der Waals surface area contributed by atoms with Crippen molar-refractivity contribution in [2.75, 3.05) is 6.61 Å². The number of aldehydes is 1. The largest absolute Gasteiger partial charge is 0.489 e. The van der Waals surface area contributed by atoms with Crippen LogP contribution < -0.4 is 14.2 Å². The average molecular weight is 431 g/mol. The zero-order valence-corrected chi connectivity index (χ0v) is 19.2. The molecule has 1 unspecified atom stereocenters. The van der Waals surface area contributed by atoms with E-state index < -0.39 is 5.60 Å². The second kappa shape index (κ2) is 9.07. The highest BCUT2D eigenvalue weighted by Crippen LogP contribution is 2.44. The summed E-state index contributed by atoms with van der Waals surface area (Å²) < 4.78 is 18.8. The van der Waals surface area contributed by atoms with Crippen LogP contribution in [0.3, 0.4) is 0 Å². The summed E-state index contributed by atoms with van der Waals surface area (Å²) in [6, 6.07) is 17.4. The number of fused-ring (bicyclic) bond motifs is 1. The molecule has 0 aliphatic carbocycles. The Labute approximate surface area is 190 Å². The molecular formula is C28H30O4. The fourth-order valence-electron chi connectivity index (χ4n) is 4.21. The van der Waals surface area contributed by atoms with E-state index in [0.29, 0.717) is 18.8 Å². The van der Waals surface area contributed by atoms with Crippen LogP contribution >= 0.6 is 0 Å². The maximum atomic E-state index is 10.8. The quantitative estimate of drug-likeness (QED) is 0.421. The Balaban J connectivity index is 1.51. The smallest absolute Gasteiger partial charge is 0.150 e. The van der Waals surface area contributed by atoms with Crippen LogP contribution in [0.1, 0.15) is 51.5 Å². The van der Waals surface area contributed by atoms with Gasteiger partial charge >= 0.3 is 0 Å². The summed E-state index contributed by atoms with van der Waals surface area (Å²) in [5.41, 5.74) is 5.99. The minimum Gasteiger partial charge on any atom is -0.489 e. The molecule has 0 amide bonds. The predicted molar refractivity (Wildman–Crippen MR) is 126 cm³/mol. The summed E-state index contributed by atoms with van der Waals surface area (Å²) in [6.07, 6.45) is 2.60. The van der Waals surface area contributed by atoms with E-state index >= 15 is 0 Å². The molecule has 0 fully saturated rings. The monoisotopic (exact) mass is 430 g/mol. The maximum Gasteiger partial charge on any atom is 0.150 e. The molecule has 4 heteroatoms. The van der Waals surface area contributed by atoms with Crippen molar-refractivity contribution in [1.29, 1.82) is 0 Å². The lowest BCUT2D eigenvalue weighted by Gasteiger charge is -2.38. The lowest BCUT2D eigenvalue weighted by Crippen LogP contribution is -2.42. The average Bonchev–Trinajstić information content (AvgIpc) is 2.82. The number of hydrogen-bond acceptors (Lipinski definition) is 4. The van der Waals surface area contributed by atoms with E-state index in [4.69, 9.17) is 14.2 Å². The highest BCUT2D eigenvalue weighted by atomic mass is 16.5. The van der Waals surface area contributed by atoms with Crippen molar-refractivity contribution in [3.8, 4) is 17.2 Å². The Kier molecular flexibility index (Phi) is 6.22. The lowest BCUT2D eigenvalue weighted by molar-refractivity contribution is 0.0166. The standard InChI is InChI=1S/C28H30O4/c1-19-20(2)27-25(21(3)26(19)30-17-23-8-6-5-7-9-23)14-15-28(4,32-27)18-31-24-12-10-22(16-29)11-13-24/h5-13,16H,14-15,17-18H2,1-4H3. The molecule has 166 valence electrons. The van der Waals surface area contributed by atoms with Crippen LogP contribution in [0.25, 0.3) is 0 Å². The van der Waals surface area contributed by atoms with E-state index in [1.807, 2.05) is 30.3 Å². The Morgan fingerprint density at radius 3 is 2.34 bits per heavy atom. The van der Waals surface area contributed by atoms with Crippen molar-refractivity contribution >= 4 is 6.29 Å². The number of ether oxygens (including phenoxy) is 3. The number of carbonyl (C=O) groups excluding carboxylic acids is 1. The summed E-state index contributed by atoms with van der Waals surface area (Å²) in [4.78, 5) is 10.8. The number of benzene rings is 3. The highest BCUT2D eigenvalue weighted by Gasteiger charge is 2.35. The molecule has 0 bridgehead atoms. The zero-order chi connectivity index (χ0) is 22.7. The topological polar surface area (TPSA) is 44.8 Å². The molecule has 3 aromatic carbocycles. The van der Waals surface area contributed by atoms with Crippen molar-refractivity contribution < 1.29 is 19.0 Å². The Morgan fingerprint density at radius 2 is 1.66 bits per heavy atom. The molecule has 0 spiro atoms. The Hall–Kier alpha value is -3.27. The first-order valence-corrected chi connectivity index (χ1v) is 11.1. The van der Waals surface area contributed by atoms with Crippen LogP contribution in [-0.2, 0) is 13.0 Å². The van der Waals surface area contributed by atoms with Crippen molar-refractivity contribution in [3.63, 3.8) is 0 Å². The number of hydrogen-bond donors (Lipinski definition) is 0. The lowest BCUT2D eigenvalue weighted by atomic mass is 9.87. The van der Waals surface area contributed by atoms with Crippen LogP contribution in [0.15, 0.2) is 54.6 Å². The molecular weight excluding hydrogens is 400 g/mol. The number of rotatable bonds is 7. The molecule has 1 aliphatic heterocycles. The molecule has 0 N–H and O–H groups in total. The third-order valence-electron chi connectivity index (χ3n) is 6.35. The predicted octanol–water partition coefficient (Wildman–Crippen LogP) is 6.17. The first-order valence-electron chi connectivity index (χ1n) is 11.1. The van der Waals surface area contributed by atoms with E-state index in [2.05, 4.69) is 39.8 Å². The Morgan fingerprint density at radius 1 is 0.938 bits per heavy atom. The van der Waals surface area contributed by atoms with Crippen LogP contribution in [0.2, 0.25) is 0 Å². The van der Waals surface area contributed by atoms with Gasteiger partial charge in [0.15, 0.2) is 0 Å². The van der Waals surface area contributed by atoms with Crippen molar-refractivity contribution in [2.24, 2.45) is 0 Å². The normalized spacial score (nSPS) is 17.2. The molecule has 0 radical (unpaired) electrons. The first-order chi connectivity index (χ1) is 15.4. The summed E-state index contributed by atoms with van der Waals surface area (Å²) >= 11 is 0. The van der Waals surface area contributed by atoms with E-state index in [9.17, 15) is 4.79 Å². The SMILES string of the molecule is Cc1c(C)c2c(c(C)c1OCc1ccccc1)CCC(C)(COc1ccc(C=O)cc1)O2. The molecule has 1 atom stereocenters. The summed E-state index contributed by atoms with van der Waals surface area (Å²) in [5, 5.41) is 0. The molecule has 0 saturated carbocycles. The molecule has 0 saturated heterocycles. The minimum atomic E-state index is -0.424. The van der Waals surface area contributed by atoms with Gasteiger partial charge in [-0.3, -0.25) is 4.79 Å². The molecule has 1 heterocycles. The summed E-state index contributed by atoms with van der Waals surface area (Å²) in [7, 11) is 0. The van der Waals surface area contributed by atoms with Gasteiger partial charge in [0, 0.05) is 11.1 Å². The van der Waals surface area contributed by atoms with E-state index in [1.54, 1.807) is 12.1 Å². The van der Waals surface area contributed by atoms with Gasteiger partial charge in [-0.05, 0) is 87.1 Å². The fourth-order valence-corrected chi connectivity index (χ4v) is 4.21. The second-order valence-electron chi connectivity index (χ2n) is 8.81. The minimum absolute atomic E-state index is 0.424. The molecule has 0 aromatic heterocycles. The third-order valence-corrected chi connectivity index (χ3v) is 6.35. The van der Waals surface area contributed by atoms with Crippen molar-refractivity contribution in [1.82, 2.24) is 0 Å². The van der Waals surface area contributed by atoms with E-state index in [-0.39, 0.29) is 0 Å². The van der Waals surface area contributed by atoms with Crippen LogP contribution in [0, 0.1) is 20.8 Å². The summed E-state index contributed by atoms with van der Waals surface area (Å²) in [5.74, 6) is 2.66. The highest BCUT2D eigenvalue weighted by molar-refractivity contribution is 5.74. The van der Waals surface area contributed by atoms with Gasteiger partial charge in [0.05, 0.1) is 0 Å². The van der Waals surface area contributed by atoms with Crippen molar-refractivity contribution in [2.45, 2.75) is 52.7 Å². The van der Waals surface area contributed by atoms with Crippen LogP contribution in [0.5, 0.6) is 17.2 Å². The van der Waals surface area contributed by atoms with Gasteiger partial charge in [-0.2, -0.15) is 0 Å². The van der Waals surface area contributed by atoms with E-state index in [0.717, 1.165) is 58.6 Å². The molecule has 4 nitrogen and oxygen atoms in total. The van der Waals surface area contributed by atoms with E-state index in [1.165, 1.54) is 5.56 Å². The maximum absolute atomic E-state index is 10.8. The first kappa shape index (κ1) is 21.9. The molecule has 1 aliphatic rings. The van der Waals surface area contributed by atoms with Crippen LogP contribution in [0.4, 0.5) is 0 Å².